The molecule has 0 spiro atoms. The topological polar surface area (TPSA) is 24.9 Å². The predicted octanol–water partition coefficient (Wildman–Crippen LogP) is 2.72. The fraction of sp³-hybridized carbons (Fsp3) is 0.625. The summed E-state index contributed by atoms with van der Waals surface area (Å²) in [6, 6.07) is 0. The van der Waals surface area contributed by atoms with Crippen LogP contribution in [0.3, 0.4) is 0 Å². The highest BCUT2D eigenvalue weighted by Crippen LogP contribution is 2.36. The van der Waals surface area contributed by atoms with E-state index in [1.807, 2.05) is 11.6 Å². The minimum Gasteiger partial charge on any atom is -0.355 e. The number of rotatable bonds is 3. The van der Waals surface area contributed by atoms with Gasteiger partial charge in [0, 0.05) is 17.5 Å². The summed E-state index contributed by atoms with van der Waals surface area (Å²) in [6.07, 6.45) is 5.45. The molecule has 2 nitrogen and oxygen atoms in total. The van der Waals surface area contributed by atoms with Crippen molar-refractivity contribution in [3.8, 4) is 0 Å². The average molecular weight is 203 g/mol. The van der Waals surface area contributed by atoms with Crippen LogP contribution < -0.4 is 5.32 Å². The molecule has 66 valence electrons. The third kappa shape index (κ3) is 1.43. The highest BCUT2D eigenvalue weighted by Gasteiger charge is 2.36. The van der Waals surface area contributed by atoms with Crippen molar-refractivity contribution in [3.63, 3.8) is 0 Å². The van der Waals surface area contributed by atoms with E-state index >= 15 is 0 Å². The molecule has 0 aromatic carbocycles. The SMILES string of the molecule is ClCC1(Nc2nccs2)CCC1. The summed E-state index contributed by atoms with van der Waals surface area (Å²) in [4.78, 5) is 4.18. The molecule has 0 amide bonds. The number of nitrogens with one attached hydrogen (secondary N) is 1. The van der Waals surface area contributed by atoms with Gasteiger partial charge in [0.05, 0.1) is 5.54 Å². The predicted molar refractivity (Wildman–Crippen MR) is 53.0 cm³/mol. The molecule has 0 saturated heterocycles. The van der Waals surface area contributed by atoms with E-state index in [4.69, 9.17) is 11.6 Å². The van der Waals surface area contributed by atoms with Crippen LogP contribution in [0.4, 0.5) is 5.13 Å². The zero-order valence-corrected chi connectivity index (χ0v) is 8.29. The van der Waals surface area contributed by atoms with Gasteiger partial charge in [0.2, 0.25) is 0 Å². The number of hydrogen-bond acceptors (Lipinski definition) is 3. The number of alkyl halides is 1. The van der Waals surface area contributed by atoms with Crippen LogP contribution in [-0.4, -0.2) is 16.4 Å². The number of anilines is 1. The van der Waals surface area contributed by atoms with Gasteiger partial charge >= 0.3 is 0 Å². The van der Waals surface area contributed by atoms with Crippen LogP contribution in [0.25, 0.3) is 0 Å². The van der Waals surface area contributed by atoms with Crippen LogP contribution in [0.5, 0.6) is 0 Å². The van der Waals surface area contributed by atoms with Crippen LogP contribution in [0.2, 0.25) is 0 Å². The highest BCUT2D eigenvalue weighted by atomic mass is 35.5. The van der Waals surface area contributed by atoms with E-state index in [1.54, 1.807) is 11.3 Å². The van der Waals surface area contributed by atoms with Gasteiger partial charge in [-0.15, -0.1) is 22.9 Å². The lowest BCUT2D eigenvalue weighted by molar-refractivity contribution is 0.311. The number of thiazole rings is 1. The third-order valence-corrected chi connectivity index (χ3v) is 3.57. The van der Waals surface area contributed by atoms with Crippen molar-refractivity contribution in [1.82, 2.24) is 4.98 Å². The van der Waals surface area contributed by atoms with E-state index in [0.29, 0.717) is 5.88 Å². The average Bonchev–Trinajstić information content (AvgIpc) is 2.49. The van der Waals surface area contributed by atoms with Crippen molar-refractivity contribution < 1.29 is 0 Å². The molecule has 1 aromatic rings. The molecular formula is C8H11ClN2S. The highest BCUT2D eigenvalue weighted by molar-refractivity contribution is 7.13. The van der Waals surface area contributed by atoms with E-state index in [-0.39, 0.29) is 5.54 Å². The molecule has 2 rings (SSSR count). The zero-order chi connectivity index (χ0) is 8.44. The number of halogens is 1. The molecule has 1 saturated carbocycles. The smallest absolute Gasteiger partial charge is 0.183 e. The Morgan fingerprint density at radius 2 is 2.50 bits per heavy atom. The molecule has 1 fully saturated rings. The lowest BCUT2D eigenvalue weighted by Crippen LogP contribution is -2.46. The lowest BCUT2D eigenvalue weighted by Gasteiger charge is -2.40. The Morgan fingerprint density at radius 1 is 1.67 bits per heavy atom. The van der Waals surface area contributed by atoms with Crippen LogP contribution in [0.1, 0.15) is 19.3 Å². The first-order chi connectivity index (χ1) is 5.85. The molecular weight excluding hydrogens is 192 g/mol. The van der Waals surface area contributed by atoms with Gasteiger partial charge in [-0.3, -0.25) is 0 Å². The van der Waals surface area contributed by atoms with Crippen LogP contribution >= 0.6 is 22.9 Å². The molecule has 0 aliphatic heterocycles. The Hall–Kier alpha value is -0.280. The molecule has 0 radical (unpaired) electrons. The van der Waals surface area contributed by atoms with Crippen LogP contribution in [0, 0.1) is 0 Å². The minimum atomic E-state index is 0.152. The van der Waals surface area contributed by atoms with E-state index in [0.717, 1.165) is 5.13 Å². The van der Waals surface area contributed by atoms with E-state index in [9.17, 15) is 0 Å². The second-order valence-electron chi connectivity index (χ2n) is 3.23. The molecule has 1 aliphatic rings. The summed E-state index contributed by atoms with van der Waals surface area (Å²) in [5, 5.41) is 6.37. The quantitative estimate of drug-likeness (QED) is 0.763. The second-order valence-corrected chi connectivity index (χ2v) is 4.39. The van der Waals surface area contributed by atoms with Crippen molar-refractivity contribution in [1.29, 1.82) is 0 Å². The maximum absolute atomic E-state index is 5.89. The Morgan fingerprint density at radius 3 is 2.92 bits per heavy atom. The monoisotopic (exact) mass is 202 g/mol. The first-order valence-corrected chi connectivity index (χ1v) is 5.50. The maximum Gasteiger partial charge on any atom is 0.183 e. The molecule has 1 aromatic heterocycles. The van der Waals surface area contributed by atoms with Crippen molar-refractivity contribution in [2.75, 3.05) is 11.2 Å². The molecule has 0 bridgehead atoms. The van der Waals surface area contributed by atoms with Gasteiger partial charge in [0.15, 0.2) is 5.13 Å². The van der Waals surface area contributed by atoms with Gasteiger partial charge in [0.1, 0.15) is 0 Å². The Labute approximate surface area is 81.0 Å². The second kappa shape index (κ2) is 3.23. The van der Waals surface area contributed by atoms with E-state index in [1.165, 1.54) is 19.3 Å². The summed E-state index contributed by atoms with van der Waals surface area (Å²) in [7, 11) is 0. The Balaban J connectivity index is 2.01. The summed E-state index contributed by atoms with van der Waals surface area (Å²) in [5.74, 6) is 0.687. The Bertz CT molecular complexity index is 238. The van der Waals surface area contributed by atoms with Gasteiger partial charge < -0.3 is 5.32 Å². The van der Waals surface area contributed by atoms with Gasteiger partial charge in [-0.05, 0) is 19.3 Å². The lowest BCUT2D eigenvalue weighted by atomic mass is 9.78. The molecule has 0 unspecified atom stereocenters. The Kier molecular flexibility index (Phi) is 2.24. The van der Waals surface area contributed by atoms with Crippen LogP contribution in [0.15, 0.2) is 11.6 Å². The zero-order valence-electron chi connectivity index (χ0n) is 6.72. The third-order valence-electron chi connectivity index (χ3n) is 2.37. The molecule has 1 aliphatic carbocycles. The fourth-order valence-electron chi connectivity index (χ4n) is 1.41. The summed E-state index contributed by atoms with van der Waals surface area (Å²) in [6.45, 7) is 0. The van der Waals surface area contributed by atoms with Crippen molar-refractivity contribution in [2.24, 2.45) is 0 Å². The normalized spacial score (nSPS) is 20.1. The fourth-order valence-corrected chi connectivity index (χ4v) is 2.39. The number of nitrogens with zero attached hydrogens (tertiary/aromatic N) is 1. The van der Waals surface area contributed by atoms with Gasteiger partial charge in [-0.25, -0.2) is 4.98 Å². The van der Waals surface area contributed by atoms with E-state index < -0.39 is 0 Å². The molecule has 1 heterocycles. The standard InChI is InChI=1S/C8H11ClN2S/c9-6-8(2-1-3-8)11-7-10-4-5-12-7/h4-5H,1-3,6H2,(H,10,11). The van der Waals surface area contributed by atoms with Gasteiger partial charge in [0.25, 0.3) is 0 Å². The summed E-state index contributed by atoms with van der Waals surface area (Å²) in [5.41, 5.74) is 0.152. The van der Waals surface area contributed by atoms with Crippen molar-refractivity contribution in [2.45, 2.75) is 24.8 Å². The van der Waals surface area contributed by atoms with Crippen molar-refractivity contribution >= 4 is 28.1 Å². The minimum absolute atomic E-state index is 0.152. The first-order valence-electron chi connectivity index (χ1n) is 4.08. The van der Waals surface area contributed by atoms with Crippen LogP contribution in [-0.2, 0) is 0 Å². The first kappa shape index (κ1) is 8.32. The summed E-state index contributed by atoms with van der Waals surface area (Å²) >= 11 is 7.52. The maximum atomic E-state index is 5.89. The summed E-state index contributed by atoms with van der Waals surface area (Å²) < 4.78 is 0. The largest absolute Gasteiger partial charge is 0.355 e. The molecule has 4 heteroatoms. The van der Waals surface area contributed by atoms with Gasteiger partial charge in [-0.1, -0.05) is 0 Å². The van der Waals surface area contributed by atoms with E-state index in [2.05, 4.69) is 10.3 Å². The number of aromatic nitrogens is 1. The molecule has 0 atom stereocenters. The van der Waals surface area contributed by atoms with Crippen molar-refractivity contribution in [3.05, 3.63) is 11.6 Å². The molecule has 12 heavy (non-hydrogen) atoms. The van der Waals surface area contributed by atoms with Gasteiger partial charge in [-0.2, -0.15) is 0 Å². The number of hydrogen-bond donors (Lipinski definition) is 1. The molecule has 1 N–H and O–H groups in total.